The van der Waals surface area contributed by atoms with E-state index < -0.39 is 20.0 Å². The van der Waals surface area contributed by atoms with E-state index in [1.807, 2.05) is 21.1 Å². The molecule has 0 aliphatic carbocycles. The lowest BCUT2D eigenvalue weighted by atomic mass is 10.0. The molecule has 0 aromatic carbocycles. The Morgan fingerprint density at radius 1 is 0.688 bits per heavy atom. The first-order valence-corrected chi connectivity index (χ1v) is 21.5. The number of hydrogen-bond acceptors (Lipinski definition) is 5. The number of phosphoric acid groups is 1. The van der Waals surface area contributed by atoms with Crippen molar-refractivity contribution in [3.8, 4) is 0 Å². The molecule has 286 valence electrons. The second kappa shape index (κ2) is 32.2. The molecule has 0 fully saturated rings. The van der Waals surface area contributed by atoms with Crippen molar-refractivity contribution in [2.24, 2.45) is 0 Å². The molecule has 0 saturated heterocycles. The van der Waals surface area contributed by atoms with Gasteiger partial charge >= 0.3 is 7.82 Å². The highest BCUT2D eigenvalue weighted by atomic mass is 31.2. The zero-order valence-electron chi connectivity index (χ0n) is 32.2. The Labute approximate surface area is 297 Å². The number of carbonyl (C=O) groups excluding carboxylic acids is 1. The van der Waals surface area contributed by atoms with Crippen LogP contribution in [0.5, 0.6) is 0 Å². The smallest absolute Gasteiger partial charge is 0.391 e. The summed E-state index contributed by atoms with van der Waals surface area (Å²) >= 11 is 0. The third kappa shape index (κ3) is 33.7. The molecular weight excluding hydrogens is 623 g/mol. The predicted octanol–water partition coefficient (Wildman–Crippen LogP) is 10.4. The first-order chi connectivity index (χ1) is 23.0. The molecule has 1 amide bonds. The van der Waals surface area contributed by atoms with Crippen LogP contribution in [0.25, 0.3) is 0 Å². The number of likely N-dealkylation sites (N-methyl/N-ethyl adjacent to an activating group) is 1. The summed E-state index contributed by atoms with van der Waals surface area (Å²) in [5.74, 6) is -0.151. The lowest BCUT2D eigenvalue weighted by molar-refractivity contribution is -0.870. The second-order valence-corrected chi connectivity index (χ2v) is 16.5. The first kappa shape index (κ1) is 47.2. The zero-order valence-corrected chi connectivity index (χ0v) is 33.1. The third-order valence-corrected chi connectivity index (χ3v) is 10.00. The predicted molar refractivity (Wildman–Crippen MR) is 203 cm³/mol. The lowest BCUT2D eigenvalue weighted by Gasteiger charge is -2.26. The van der Waals surface area contributed by atoms with Gasteiger partial charge in [0.1, 0.15) is 13.2 Å². The maximum absolute atomic E-state index is 12.8. The number of nitrogens with zero attached hydrogens (tertiary/aromatic N) is 1. The highest BCUT2D eigenvalue weighted by molar-refractivity contribution is 7.47. The minimum atomic E-state index is -4.30. The molecule has 8 nitrogen and oxygen atoms in total. The van der Waals surface area contributed by atoms with Crippen LogP contribution in [0.1, 0.15) is 181 Å². The van der Waals surface area contributed by atoms with E-state index in [-0.39, 0.29) is 19.1 Å². The summed E-state index contributed by atoms with van der Waals surface area (Å²) < 4.78 is 23.4. The van der Waals surface area contributed by atoms with Crippen molar-refractivity contribution in [3.63, 3.8) is 0 Å². The number of carbonyl (C=O) groups is 1. The van der Waals surface area contributed by atoms with E-state index in [4.69, 9.17) is 9.05 Å². The normalized spacial score (nSPS) is 14.7. The third-order valence-electron chi connectivity index (χ3n) is 9.01. The number of hydrogen-bond donors (Lipinski definition) is 3. The Bertz CT molecular complexity index is 804. The van der Waals surface area contributed by atoms with Crippen molar-refractivity contribution in [2.75, 3.05) is 40.9 Å². The summed E-state index contributed by atoms with van der Waals surface area (Å²) in [5.41, 5.74) is 0. The van der Waals surface area contributed by atoms with Crippen molar-refractivity contribution in [1.82, 2.24) is 5.32 Å². The average Bonchev–Trinajstić information content (AvgIpc) is 3.02. The number of nitrogens with one attached hydrogen (secondary N) is 1. The number of aliphatic hydroxyl groups is 1. The van der Waals surface area contributed by atoms with Crippen molar-refractivity contribution in [2.45, 2.75) is 193 Å². The summed E-state index contributed by atoms with van der Waals surface area (Å²) in [6, 6.07) is -0.754. The molecule has 0 spiro atoms. The van der Waals surface area contributed by atoms with Crippen LogP contribution in [0, 0.1) is 0 Å². The van der Waals surface area contributed by atoms with Crippen molar-refractivity contribution in [3.05, 3.63) is 12.2 Å². The molecular formula is C39H80N2O6P+. The molecule has 3 N–H and O–H groups in total. The summed E-state index contributed by atoms with van der Waals surface area (Å²) in [5, 5.41) is 13.8. The molecule has 3 unspecified atom stereocenters. The Kier molecular flexibility index (Phi) is 31.7. The Morgan fingerprint density at radius 2 is 1.12 bits per heavy atom. The molecule has 3 atom stereocenters. The Hall–Kier alpha value is -0.760. The van der Waals surface area contributed by atoms with Gasteiger partial charge in [0, 0.05) is 6.42 Å². The quantitative estimate of drug-likeness (QED) is 0.0260. The lowest BCUT2D eigenvalue weighted by Crippen LogP contribution is -2.46. The minimum absolute atomic E-state index is 0.0753. The van der Waals surface area contributed by atoms with E-state index in [2.05, 4.69) is 31.3 Å². The molecule has 0 rings (SSSR count). The van der Waals surface area contributed by atoms with Crippen LogP contribution in [0.4, 0.5) is 0 Å². The SMILES string of the molecule is CCCCCCCC/C=C\CCCCCCCCCCCC(=O)NC(COP(=O)(O)OCC[N+](C)(C)C)C(O)CCCCCCCCC. The number of phosphoric ester groups is 1. The van der Waals surface area contributed by atoms with Gasteiger partial charge in [-0.2, -0.15) is 0 Å². The van der Waals surface area contributed by atoms with Gasteiger partial charge < -0.3 is 19.8 Å². The van der Waals surface area contributed by atoms with E-state index in [9.17, 15) is 19.4 Å². The molecule has 9 heteroatoms. The van der Waals surface area contributed by atoms with Gasteiger partial charge in [0.15, 0.2) is 0 Å². The average molecular weight is 704 g/mol. The number of rotatable bonds is 36. The largest absolute Gasteiger partial charge is 0.472 e. The number of quaternary nitrogens is 1. The van der Waals surface area contributed by atoms with Gasteiger partial charge in [-0.15, -0.1) is 0 Å². The summed E-state index contributed by atoms with van der Waals surface area (Å²) in [4.78, 5) is 23.0. The summed E-state index contributed by atoms with van der Waals surface area (Å²) in [6.45, 7) is 4.83. The first-order valence-electron chi connectivity index (χ1n) is 20.1. The van der Waals surface area contributed by atoms with Crippen LogP contribution in [-0.4, -0.2) is 73.4 Å². The van der Waals surface area contributed by atoms with Crippen LogP contribution in [-0.2, 0) is 18.4 Å². The van der Waals surface area contributed by atoms with E-state index in [0.717, 1.165) is 38.5 Å². The fourth-order valence-electron chi connectivity index (χ4n) is 5.74. The molecule has 0 aliphatic heterocycles. The topological polar surface area (TPSA) is 105 Å². The molecule has 48 heavy (non-hydrogen) atoms. The maximum Gasteiger partial charge on any atom is 0.472 e. The second-order valence-electron chi connectivity index (χ2n) is 15.0. The van der Waals surface area contributed by atoms with Gasteiger partial charge in [0.25, 0.3) is 0 Å². The molecule has 0 aromatic heterocycles. The molecule has 0 bridgehead atoms. The van der Waals surface area contributed by atoms with Crippen molar-refractivity contribution >= 4 is 13.7 Å². The highest BCUT2D eigenvalue weighted by Crippen LogP contribution is 2.43. The Morgan fingerprint density at radius 3 is 1.60 bits per heavy atom. The molecule has 0 heterocycles. The van der Waals surface area contributed by atoms with Gasteiger partial charge in [-0.1, -0.05) is 148 Å². The number of amides is 1. The zero-order chi connectivity index (χ0) is 35.8. The number of unbranched alkanes of at least 4 members (excludes halogenated alkanes) is 21. The van der Waals surface area contributed by atoms with Crippen LogP contribution >= 0.6 is 7.82 Å². The van der Waals surface area contributed by atoms with Gasteiger partial charge in [-0.3, -0.25) is 13.8 Å². The highest BCUT2D eigenvalue weighted by Gasteiger charge is 2.28. The minimum Gasteiger partial charge on any atom is -0.391 e. The van der Waals surface area contributed by atoms with E-state index in [0.29, 0.717) is 23.9 Å². The van der Waals surface area contributed by atoms with Crippen LogP contribution in [0.3, 0.4) is 0 Å². The van der Waals surface area contributed by atoms with Gasteiger partial charge in [-0.05, 0) is 38.5 Å². The van der Waals surface area contributed by atoms with Gasteiger partial charge in [0.05, 0.1) is 39.9 Å². The number of allylic oxidation sites excluding steroid dienone is 2. The molecule has 0 radical (unpaired) electrons. The van der Waals surface area contributed by atoms with E-state index in [1.54, 1.807) is 0 Å². The van der Waals surface area contributed by atoms with E-state index in [1.165, 1.54) is 116 Å². The summed E-state index contributed by atoms with van der Waals surface area (Å²) in [7, 11) is 1.61. The molecule has 0 aromatic rings. The van der Waals surface area contributed by atoms with Gasteiger partial charge in [0.2, 0.25) is 5.91 Å². The monoisotopic (exact) mass is 704 g/mol. The van der Waals surface area contributed by atoms with Gasteiger partial charge in [-0.25, -0.2) is 4.57 Å². The number of aliphatic hydroxyl groups excluding tert-OH is 1. The van der Waals surface area contributed by atoms with Crippen LogP contribution in [0.2, 0.25) is 0 Å². The van der Waals surface area contributed by atoms with Crippen molar-refractivity contribution < 1.29 is 32.9 Å². The Balaban J connectivity index is 4.23. The molecule has 0 saturated carbocycles. The maximum atomic E-state index is 12.8. The standard InChI is InChI=1S/C39H79N2O6P/c1-6-8-10-12-14-15-16-17-18-19-20-21-22-23-24-25-27-29-31-33-39(43)40-37(38(42)32-30-28-26-13-11-9-7-2)36-47-48(44,45)46-35-34-41(3,4)5/h17-18,37-38,42H,6-16,19-36H2,1-5H3,(H-,40,43,44,45)/p+1/b18-17-. The fraction of sp³-hybridized carbons (Fsp3) is 0.923. The van der Waals surface area contributed by atoms with Crippen LogP contribution in [0.15, 0.2) is 12.2 Å². The van der Waals surface area contributed by atoms with E-state index >= 15 is 0 Å². The van der Waals surface area contributed by atoms with Crippen molar-refractivity contribution in [1.29, 1.82) is 0 Å². The van der Waals surface area contributed by atoms with Crippen LogP contribution < -0.4 is 5.32 Å². The fourth-order valence-corrected chi connectivity index (χ4v) is 6.48. The molecule has 0 aliphatic rings. The summed E-state index contributed by atoms with van der Waals surface area (Å²) in [6.07, 6.45) is 33.9.